The Morgan fingerprint density at radius 1 is 1.06 bits per heavy atom. The fraction of sp³-hybridized carbons (Fsp3) is 0.448. The first-order valence-corrected chi connectivity index (χ1v) is 13.0. The number of carboxylic acids is 1. The highest BCUT2D eigenvalue weighted by molar-refractivity contribution is 6.00. The Morgan fingerprint density at radius 3 is 2.63 bits per heavy atom. The highest BCUT2D eigenvalue weighted by atomic mass is 16.5. The molecule has 6 heteroatoms. The van der Waals surface area contributed by atoms with Crippen molar-refractivity contribution < 1.29 is 19.4 Å². The minimum Gasteiger partial charge on any atom is -0.478 e. The van der Waals surface area contributed by atoms with Crippen molar-refractivity contribution in [1.82, 2.24) is 9.47 Å². The average Bonchev–Trinajstić information content (AvgIpc) is 3.11. The third kappa shape index (κ3) is 3.94. The zero-order valence-electron chi connectivity index (χ0n) is 20.1. The molecule has 2 aliphatic heterocycles. The molecule has 1 aromatic carbocycles. The number of aromatic carboxylic acids is 1. The third-order valence-corrected chi connectivity index (χ3v) is 8.09. The molecule has 2 aromatic rings. The number of ether oxygens (including phenoxy) is 1. The molecule has 182 valence electrons. The van der Waals surface area contributed by atoms with E-state index in [1.54, 1.807) is 6.07 Å². The van der Waals surface area contributed by atoms with Crippen molar-refractivity contribution in [3.8, 4) is 0 Å². The topological polar surface area (TPSA) is 71.8 Å². The van der Waals surface area contributed by atoms with Crippen LogP contribution in [0.15, 0.2) is 47.6 Å². The number of morpholine rings is 1. The summed E-state index contributed by atoms with van der Waals surface area (Å²) in [5.74, 6) is -0.396. The number of hydrogen-bond donors (Lipinski definition) is 1. The molecule has 2 fully saturated rings. The minimum atomic E-state index is -0.920. The maximum absolute atomic E-state index is 13.7. The first-order valence-electron chi connectivity index (χ1n) is 13.0. The maximum Gasteiger partial charge on any atom is 0.335 e. The molecule has 1 saturated heterocycles. The van der Waals surface area contributed by atoms with Crippen molar-refractivity contribution in [3.05, 3.63) is 64.4 Å². The van der Waals surface area contributed by atoms with E-state index in [0.717, 1.165) is 47.7 Å². The molecule has 35 heavy (non-hydrogen) atoms. The zero-order chi connectivity index (χ0) is 23.9. The Morgan fingerprint density at radius 2 is 1.86 bits per heavy atom. The van der Waals surface area contributed by atoms with E-state index in [9.17, 15) is 14.7 Å². The largest absolute Gasteiger partial charge is 0.478 e. The van der Waals surface area contributed by atoms with E-state index in [1.165, 1.54) is 36.1 Å². The lowest BCUT2D eigenvalue weighted by molar-refractivity contribution is -0.131. The molecule has 6 nitrogen and oxygen atoms in total. The van der Waals surface area contributed by atoms with Gasteiger partial charge in [0.05, 0.1) is 25.3 Å². The maximum atomic E-state index is 13.7. The molecule has 1 N–H and O–H groups in total. The molecule has 0 radical (unpaired) electrons. The van der Waals surface area contributed by atoms with Crippen LogP contribution in [0.4, 0.5) is 0 Å². The summed E-state index contributed by atoms with van der Waals surface area (Å²) in [5.41, 5.74) is 7.01. The average molecular weight is 473 g/mol. The summed E-state index contributed by atoms with van der Waals surface area (Å²) in [7, 11) is 0. The van der Waals surface area contributed by atoms with Gasteiger partial charge in [-0.1, -0.05) is 37.5 Å². The number of rotatable bonds is 3. The number of carboxylic acid groups (broad SMARTS) is 1. The number of carbonyl (C=O) groups excluding carboxylic acids is 1. The lowest BCUT2D eigenvalue weighted by Crippen LogP contribution is -2.41. The van der Waals surface area contributed by atoms with Crippen molar-refractivity contribution in [3.63, 3.8) is 0 Å². The Balaban J connectivity index is 1.57. The Kier molecular flexibility index (Phi) is 5.85. The SMILES string of the molecule is O=C(O)c1ccc2c(C3CCCCC3)c3n(c2c1)CC(C(=O)N1CCOCC1)=CC1=C3CCC=C1. The number of amides is 1. The predicted octanol–water partition coefficient (Wildman–Crippen LogP) is 5.29. The van der Waals surface area contributed by atoms with Gasteiger partial charge in [0.15, 0.2) is 0 Å². The van der Waals surface area contributed by atoms with Gasteiger partial charge in [0.2, 0.25) is 0 Å². The van der Waals surface area contributed by atoms with Gasteiger partial charge >= 0.3 is 5.97 Å². The van der Waals surface area contributed by atoms with Gasteiger partial charge in [-0.15, -0.1) is 0 Å². The van der Waals surface area contributed by atoms with Crippen LogP contribution in [0.25, 0.3) is 16.5 Å². The summed E-state index contributed by atoms with van der Waals surface area (Å²) in [6.07, 6.45) is 14.4. The number of fused-ring (bicyclic) bond motifs is 4. The molecular formula is C29H32N2O4. The second kappa shape index (κ2) is 9.15. The molecule has 4 aliphatic rings. The molecule has 1 amide bonds. The van der Waals surface area contributed by atoms with Crippen LogP contribution in [0, 0.1) is 0 Å². The van der Waals surface area contributed by atoms with Crippen LogP contribution in [-0.4, -0.2) is 52.8 Å². The summed E-state index contributed by atoms with van der Waals surface area (Å²) in [5, 5.41) is 10.9. The molecule has 0 bridgehead atoms. The van der Waals surface area contributed by atoms with E-state index in [4.69, 9.17) is 4.74 Å². The van der Waals surface area contributed by atoms with Crippen molar-refractivity contribution in [2.24, 2.45) is 0 Å². The summed E-state index contributed by atoms with van der Waals surface area (Å²) in [6.45, 7) is 2.80. The van der Waals surface area contributed by atoms with Crippen LogP contribution >= 0.6 is 0 Å². The zero-order valence-corrected chi connectivity index (χ0v) is 20.1. The molecule has 3 heterocycles. The number of carbonyl (C=O) groups is 2. The number of hydrogen-bond acceptors (Lipinski definition) is 3. The van der Waals surface area contributed by atoms with E-state index < -0.39 is 5.97 Å². The lowest BCUT2D eigenvalue weighted by atomic mass is 9.80. The normalized spacial score (nSPS) is 20.9. The second-order valence-electron chi connectivity index (χ2n) is 10.2. The monoisotopic (exact) mass is 472 g/mol. The number of aromatic nitrogens is 1. The minimum absolute atomic E-state index is 0.0578. The van der Waals surface area contributed by atoms with Gasteiger partial charge in [0.1, 0.15) is 0 Å². The van der Waals surface area contributed by atoms with Gasteiger partial charge < -0.3 is 19.3 Å². The first-order chi connectivity index (χ1) is 17.1. The predicted molar refractivity (Wildman–Crippen MR) is 135 cm³/mol. The standard InChI is InChI=1S/C29H32N2O4/c32-28(30-12-14-35-15-13-30)22-16-20-8-4-5-9-23(20)27-26(19-6-2-1-3-7-19)24-11-10-21(29(33)34)17-25(24)31(27)18-22/h4,8,10-11,16-17,19H,1-3,5-7,9,12-15,18H2,(H,33,34). The van der Waals surface area contributed by atoms with Gasteiger partial charge in [-0.3, -0.25) is 4.79 Å². The molecular weight excluding hydrogens is 440 g/mol. The quantitative estimate of drug-likeness (QED) is 0.659. The molecule has 0 atom stereocenters. The third-order valence-electron chi connectivity index (χ3n) is 8.09. The Bertz CT molecular complexity index is 1280. The highest BCUT2D eigenvalue weighted by Crippen LogP contribution is 2.46. The number of nitrogens with zero attached hydrogens (tertiary/aromatic N) is 2. The lowest BCUT2D eigenvalue weighted by Gasteiger charge is -2.28. The molecule has 0 unspecified atom stereocenters. The van der Waals surface area contributed by atoms with Crippen molar-refractivity contribution in [1.29, 1.82) is 0 Å². The molecule has 6 rings (SSSR count). The van der Waals surface area contributed by atoms with Gasteiger partial charge in [-0.2, -0.15) is 0 Å². The van der Waals surface area contributed by atoms with Gasteiger partial charge in [-0.25, -0.2) is 4.79 Å². The summed E-state index contributed by atoms with van der Waals surface area (Å²) >= 11 is 0. The van der Waals surface area contributed by atoms with Crippen LogP contribution in [0.3, 0.4) is 0 Å². The highest BCUT2D eigenvalue weighted by Gasteiger charge is 2.32. The summed E-state index contributed by atoms with van der Waals surface area (Å²) in [4.78, 5) is 27.4. The van der Waals surface area contributed by atoms with Crippen LogP contribution in [-0.2, 0) is 16.1 Å². The molecule has 1 aromatic heterocycles. The van der Waals surface area contributed by atoms with Crippen molar-refractivity contribution in [2.75, 3.05) is 26.3 Å². The Labute approximate surface area is 205 Å². The second-order valence-corrected chi connectivity index (χ2v) is 10.2. The number of allylic oxidation sites excluding steroid dienone is 5. The molecule has 0 spiro atoms. The van der Waals surface area contributed by atoms with Gasteiger partial charge in [0, 0.05) is 35.3 Å². The fourth-order valence-corrected chi connectivity index (χ4v) is 6.38. The van der Waals surface area contributed by atoms with E-state index >= 15 is 0 Å². The van der Waals surface area contributed by atoms with Gasteiger partial charge in [-0.05, 0) is 66.5 Å². The summed E-state index contributed by atoms with van der Waals surface area (Å²) < 4.78 is 7.73. The van der Waals surface area contributed by atoms with Crippen LogP contribution < -0.4 is 0 Å². The van der Waals surface area contributed by atoms with Crippen LogP contribution in [0.1, 0.15) is 72.5 Å². The van der Waals surface area contributed by atoms with Crippen LogP contribution in [0.2, 0.25) is 0 Å². The van der Waals surface area contributed by atoms with E-state index in [1.807, 2.05) is 17.0 Å². The Hall–Kier alpha value is -3.12. The summed E-state index contributed by atoms with van der Waals surface area (Å²) in [6, 6.07) is 5.56. The van der Waals surface area contributed by atoms with E-state index in [-0.39, 0.29) is 5.91 Å². The van der Waals surface area contributed by atoms with Crippen LogP contribution in [0.5, 0.6) is 0 Å². The molecule has 2 aliphatic carbocycles. The van der Waals surface area contributed by atoms with E-state index in [2.05, 4.69) is 22.8 Å². The van der Waals surface area contributed by atoms with Crippen molar-refractivity contribution in [2.45, 2.75) is 57.4 Å². The fourth-order valence-electron chi connectivity index (χ4n) is 6.38. The van der Waals surface area contributed by atoms with Crippen molar-refractivity contribution >= 4 is 28.4 Å². The van der Waals surface area contributed by atoms with Gasteiger partial charge in [0.25, 0.3) is 5.91 Å². The number of benzene rings is 1. The van der Waals surface area contributed by atoms with E-state index in [0.29, 0.717) is 44.3 Å². The first kappa shape index (κ1) is 22.4. The smallest absolute Gasteiger partial charge is 0.335 e. The molecule has 1 saturated carbocycles.